The minimum absolute atomic E-state index is 0.346. The number of hydrogen-bond acceptors (Lipinski definition) is 4. The fraction of sp³-hybridized carbons (Fsp3) is 0.429. The molecule has 2 aromatic carbocycles. The maximum absolute atomic E-state index is 10.6. The lowest BCUT2D eigenvalue weighted by atomic mass is 9.87. The van der Waals surface area contributed by atoms with Gasteiger partial charge in [0.2, 0.25) is 0 Å². The third-order valence-electron chi connectivity index (χ3n) is 5.23. The highest BCUT2D eigenvalue weighted by atomic mass is 16.6. The summed E-state index contributed by atoms with van der Waals surface area (Å²) in [4.78, 5) is 2.46. The molecule has 0 aromatic heterocycles. The van der Waals surface area contributed by atoms with Crippen molar-refractivity contribution in [3.8, 4) is 11.5 Å². The average molecular weight is 339 g/mol. The van der Waals surface area contributed by atoms with E-state index in [0.29, 0.717) is 19.1 Å². The van der Waals surface area contributed by atoms with Gasteiger partial charge >= 0.3 is 0 Å². The lowest BCUT2D eigenvalue weighted by Crippen LogP contribution is -2.35. The van der Waals surface area contributed by atoms with Gasteiger partial charge in [-0.3, -0.25) is 4.90 Å². The SMILES string of the molecule is OC(c1ccccc1)C1CCN(Cc2ccc3c(c2)OCCO3)CC1. The standard InChI is InChI=1S/C21H25NO3/c23-21(17-4-2-1-3-5-17)18-8-10-22(11-9-18)15-16-6-7-19-20(14-16)25-13-12-24-19/h1-7,14,18,21,23H,8-13,15H2. The van der Waals surface area contributed by atoms with Crippen LogP contribution in [0, 0.1) is 5.92 Å². The number of likely N-dealkylation sites (tertiary alicyclic amines) is 1. The molecule has 4 heteroatoms. The van der Waals surface area contributed by atoms with E-state index >= 15 is 0 Å². The third-order valence-corrected chi connectivity index (χ3v) is 5.23. The highest BCUT2D eigenvalue weighted by Crippen LogP contribution is 2.33. The summed E-state index contributed by atoms with van der Waals surface area (Å²) in [5.41, 5.74) is 2.29. The molecule has 1 fully saturated rings. The Kier molecular flexibility index (Phi) is 4.90. The van der Waals surface area contributed by atoms with Crippen LogP contribution < -0.4 is 9.47 Å². The first kappa shape index (κ1) is 16.4. The topological polar surface area (TPSA) is 41.9 Å². The predicted octanol–water partition coefficient (Wildman–Crippen LogP) is 3.40. The zero-order valence-electron chi connectivity index (χ0n) is 14.4. The molecule has 2 aromatic rings. The van der Waals surface area contributed by atoms with Crippen molar-refractivity contribution in [1.29, 1.82) is 0 Å². The van der Waals surface area contributed by atoms with E-state index < -0.39 is 0 Å². The Morgan fingerprint density at radius 2 is 1.68 bits per heavy atom. The van der Waals surface area contributed by atoms with Crippen LogP contribution in [0.4, 0.5) is 0 Å². The molecule has 4 nitrogen and oxygen atoms in total. The molecule has 1 atom stereocenters. The molecule has 2 heterocycles. The minimum atomic E-state index is -0.349. The zero-order chi connectivity index (χ0) is 17.1. The number of piperidine rings is 1. The Bertz CT molecular complexity index is 696. The van der Waals surface area contributed by atoms with Gasteiger partial charge in [0, 0.05) is 6.54 Å². The Labute approximate surface area is 149 Å². The third kappa shape index (κ3) is 3.80. The Morgan fingerprint density at radius 3 is 2.44 bits per heavy atom. The van der Waals surface area contributed by atoms with Crippen LogP contribution in [0.15, 0.2) is 48.5 Å². The van der Waals surface area contributed by atoms with E-state index in [1.54, 1.807) is 0 Å². The van der Waals surface area contributed by atoms with Crippen LogP contribution in [0.5, 0.6) is 11.5 Å². The van der Waals surface area contributed by atoms with Crippen molar-refractivity contribution in [1.82, 2.24) is 4.90 Å². The number of aliphatic hydroxyl groups is 1. The van der Waals surface area contributed by atoms with E-state index in [-0.39, 0.29) is 6.10 Å². The molecule has 0 amide bonds. The second-order valence-corrected chi connectivity index (χ2v) is 6.95. The molecule has 0 aliphatic carbocycles. The van der Waals surface area contributed by atoms with Crippen LogP contribution in [0.25, 0.3) is 0 Å². The van der Waals surface area contributed by atoms with Gasteiger partial charge in [0.25, 0.3) is 0 Å². The molecular formula is C21H25NO3. The first-order chi connectivity index (χ1) is 12.3. The summed E-state index contributed by atoms with van der Waals surface area (Å²) in [6.45, 7) is 4.21. The highest BCUT2D eigenvalue weighted by Gasteiger charge is 2.26. The molecule has 132 valence electrons. The van der Waals surface area contributed by atoms with Crippen LogP contribution in [0.1, 0.15) is 30.1 Å². The van der Waals surface area contributed by atoms with Crippen molar-refractivity contribution in [2.75, 3.05) is 26.3 Å². The quantitative estimate of drug-likeness (QED) is 0.927. The van der Waals surface area contributed by atoms with E-state index in [4.69, 9.17) is 9.47 Å². The van der Waals surface area contributed by atoms with Gasteiger partial charge in [0.15, 0.2) is 11.5 Å². The first-order valence-corrected chi connectivity index (χ1v) is 9.13. The smallest absolute Gasteiger partial charge is 0.161 e. The minimum Gasteiger partial charge on any atom is -0.486 e. The lowest BCUT2D eigenvalue weighted by Gasteiger charge is -2.34. The fourth-order valence-corrected chi connectivity index (χ4v) is 3.79. The summed E-state index contributed by atoms with van der Waals surface area (Å²) in [5, 5.41) is 10.6. The molecule has 2 aliphatic heterocycles. The Morgan fingerprint density at radius 1 is 0.960 bits per heavy atom. The summed E-state index contributed by atoms with van der Waals surface area (Å²) in [5.74, 6) is 2.05. The van der Waals surface area contributed by atoms with Crippen LogP contribution in [-0.2, 0) is 6.54 Å². The van der Waals surface area contributed by atoms with Crippen molar-refractivity contribution in [3.63, 3.8) is 0 Å². The maximum atomic E-state index is 10.6. The van der Waals surface area contributed by atoms with Crippen LogP contribution in [0.3, 0.4) is 0 Å². The van der Waals surface area contributed by atoms with Crippen molar-refractivity contribution < 1.29 is 14.6 Å². The Hall–Kier alpha value is -2.04. The number of benzene rings is 2. The molecule has 1 saturated heterocycles. The number of ether oxygens (including phenoxy) is 2. The fourth-order valence-electron chi connectivity index (χ4n) is 3.79. The van der Waals surface area contributed by atoms with Crippen LogP contribution in [-0.4, -0.2) is 36.3 Å². The van der Waals surface area contributed by atoms with Crippen molar-refractivity contribution in [2.45, 2.75) is 25.5 Å². The maximum Gasteiger partial charge on any atom is 0.161 e. The van der Waals surface area contributed by atoms with Gasteiger partial charge in [0.1, 0.15) is 13.2 Å². The molecule has 2 aliphatic rings. The summed E-state index contributed by atoms with van der Waals surface area (Å²) < 4.78 is 11.3. The largest absolute Gasteiger partial charge is 0.486 e. The predicted molar refractivity (Wildman–Crippen MR) is 96.8 cm³/mol. The van der Waals surface area contributed by atoms with Crippen LogP contribution >= 0.6 is 0 Å². The van der Waals surface area contributed by atoms with Gasteiger partial charge in [-0.1, -0.05) is 36.4 Å². The van der Waals surface area contributed by atoms with Gasteiger partial charge < -0.3 is 14.6 Å². The molecule has 25 heavy (non-hydrogen) atoms. The van der Waals surface area contributed by atoms with E-state index in [2.05, 4.69) is 17.0 Å². The molecule has 1 N–H and O–H groups in total. The monoisotopic (exact) mass is 339 g/mol. The van der Waals surface area contributed by atoms with Crippen LogP contribution in [0.2, 0.25) is 0 Å². The lowest BCUT2D eigenvalue weighted by molar-refractivity contribution is 0.0567. The van der Waals surface area contributed by atoms with E-state index in [1.165, 1.54) is 5.56 Å². The van der Waals surface area contributed by atoms with E-state index in [9.17, 15) is 5.11 Å². The van der Waals surface area contributed by atoms with E-state index in [0.717, 1.165) is 49.5 Å². The molecule has 4 rings (SSSR count). The number of nitrogens with zero attached hydrogens (tertiary/aromatic N) is 1. The Balaban J connectivity index is 1.33. The molecule has 0 spiro atoms. The number of rotatable bonds is 4. The van der Waals surface area contributed by atoms with Crippen molar-refractivity contribution in [3.05, 3.63) is 59.7 Å². The summed E-state index contributed by atoms with van der Waals surface area (Å²) in [6, 6.07) is 16.3. The van der Waals surface area contributed by atoms with Gasteiger partial charge in [0.05, 0.1) is 6.10 Å². The van der Waals surface area contributed by atoms with Gasteiger partial charge in [-0.15, -0.1) is 0 Å². The highest BCUT2D eigenvalue weighted by molar-refractivity contribution is 5.43. The molecule has 1 unspecified atom stereocenters. The van der Waals surface area contributed by atoms with E-state index in [1.807, 2.05) is 36.4 Å². The second-order valence-electron chi connectivity index (χ2n) is 6.95. The van der Waals surface area contributed by atoms with Gasteiger partial charge in [-0.05, 0) is 55.1 Å². The zero-order valence-corrected chi connectivity index (χ0v) is 14.4. The first-order valence-electron chi connectivity index (χ1n) is 9.13. The normalized spacial score (nSPS) is 19.6. The van der Waals surface area contributed by atoms with Gasteiger partial charge in [-0.25, -0.2) is 0 Å². The van der Waals surface area contributed by atoms with Crippen molar-refractivity contribution in [2.24, 2.45) is 5.92 Å². The summed E-state index contributed by atoms with van der Waals surface area (Å²) in [7, 11) is 0. The van der Waals surface area contributed by atoms with Gasteiger partial charge in [-0.2, -0.15) is 0 Å². The molecule has 0 saturated carbocycles. The molecule has 0 bridgehead atoms. The molecular weight excluding hydrogens is 314 g/mol. The van der Waals surface area contributed by atoms with Crippen molar-refractivity contribution >= 4 is 0 Å². The number of fused-ring (bicyclic) bond motifs is 1. The number of aliphatic hydroxyl groups excluding tert-OH is 1. The summed E-state index contributed by atoms with van der Waals surface area (Å²) in [6.07, 6.45) is 1.71. The summed E-state index contributed by atoms with van der Waals surface area (Å²) >= 11 is 0. The average Bonchev–Trinajstić information content (AvgIpc) is 2.69. The molecule has 0 radical (unpaired) electrons. The second kappa shape index (κ2) is 7.46. The number of hydrogen-bond donors (Lipinski definition) is 1.